The van der Waals surface area contributed by atoms with Gasteiger partial charge in [0.05, 0.1) is 0 Å². The van der Waals surface area contributed by atoms with Crippen LogP contribution in [0.2, 0.25) is 15.9 Å². The molecule has 2 aliphatic heterocycles. The fraction of sp³-hybridized carbons (Fsp3) is 1.00. The van der Waals surface area contributed by atoms with E-state index in [2.05, 4.69) is 14.8 Å². The predicted molar refractivity (Wildman–Crippen MR) is 113 cm³/mol. The van der Waals surface area contributed by atoms with E-state index < -0.39 is 0 Å². The summed E-state index contributed by atoms with van der Waals surface area (Å²) in [7, 11) is 4.31. The van der Waals surface area contributed by atoms with E-state index in [0.717, 1.165) is 0 Å². The Kier molecular flexibility index (Phi) is 6.47. The molecule has 3 fully saturated rings. The maximum absolute atomic E-state index is 2.75. The molecule has 0 nitrogen and oxygen atoms in total. The van der Waals surface area contributed by atoms with Gasteiger partial charge >= 0.3 is 0 Å². The summed E-state index contributed by atoms with van der Waals surface area (Å²) < 4.78 is 0. The summed E-state index contributed by atoms with van der Waals surface area (Å²) in [6.45, 7) is 2.64. The van der Waals surface area contributed by atoms with Gasteiger partial charge in [-0.15, -0.1) is 0 Å². The molecule has 1 aliphatic carbocycles. The number of rotatable bonds is 1. The summed E-state index contributed by atoms with van der Waals surface area (Å²) in [6.07, 6.45) is 27.3. The van der Waals surface area contributed by atoms with Crippen LogP contribution in [0.25, 0.3) is 0 Å². The standard InChI is InChI=1S/C22H42B2/c1-20-14-11-12-18-22(24-20,19-13-15-20)21(23)16-9-7-5-3-2-4-6-8-10-17-21/h24H,2-19,23H2,1H3/t20-,22?/m1/s1. The van der Waals surface area contributed by atoms with Crippen LogP contribution >= 0.6 is 0 Å². The molecule has 2 heteroatoms. The number of fused-ring (bicyclic) bond motifs is 2. The van der Waals surface area contributed by atoms with Crippen molar-refractivity contribution in [1.29, 1.82) is 0 Å². The molecule has 1 unspecified atom stereocenters. The van der Waals surface area contributed by atoms with Gasteiger partial charge in [0.1, 0.15) is 15.1 Å². The second-order valence-corrected chi connectivity index (χ2v) is 10.6. The summed E-state index contributed by atoms with van der Waals surface area (Å²) >= 11 is 0. The van der Waals surface area contributed by atoms with Gasteiger partial charge in [-0.3, -0.25) is 0 Å². The Morgan fingerprint density at radius 3 is 1.58 bits per heavy atom. The minimum atomic E-state index is 0.637. The highest BCUT2D eigenvalue weighted by atomic mass is 14.5. The van der Waals surface area contributed by atoms with E-state index in [0.29, 0.717) is 15.9 Å². The van der Waals surface area contributed by atoms with Gasteiger partial charge in [0.25, 0.3) is 0 Å². The largest absolute Gasteiger partial charge is 0.134 e. The Morgan fingerprint density at radius 1 is 0.542 bits per heavy atom. The highest BCUT2D eigenvalue weighted by molar-refractivity contribution is 6.47. The first kappa shape index (κ1) is 18.9. The van der Waals surface area contributed by atoms with Crippen LogP contribution in [0, 0.1) is 0 Å². The van der Waals surface area contributed by atoms with Gasteiger partial charge in [0.15, 0.2) is 0 Å². The Balaban J connectivity index is 1.77. The van der Waals surface area contributed by atoms with Crippen LogP contribution in [0.15, 0.2) is 0 Å². The molecule has 0 radical (unpaired) electrons. The van der Waals surface area contributed by atoms with Crippen LogP contribution in [-0.2, 0) is 0 Å². The van der Waals surface area contributed by atoms with E-state index in [-0.39, 0.29) is 0 Å². The zero-order valence-corrected chi connectivity index (χ0v) is 16.9. The fourth-order valence-electron chi connectivity index (χ4n) is 7.03. The highest BCUT2D eigenvalue weighted by Crippen LogP contribution is 2.68. The van der Waals surface area contributed by atoms with Crippen molar-refractivity contribution in [2.24, 2.45) is 0 Å². The maximum atomic E-state index is 2.75. The molecular formula is C22H42B2. The van der Waals surface area contributed by atoms with Gasteiger partial charge in [-0.25, -0.2) is 0 Å². The lowest BCUT2D eigenvalue weighted by Crippen LogP contribution is -2.42. The van der Waals surface area contributed by atoms with E-state index in [1.165, 1.54) is 103 Å². The van der Waals surface area contributed by atoms with E-state index in [4.69, 9.17) is 0 Å². The minimum Gasteiger partial charge on any atom is -0.0665 e. The van der Waals surface area contributed by atoms with E-state index in [1.807, 2.05) is 0 Å². The smallest absolute Gasteiger partial charge is 0.0665 e. The van der Waals surface area contributed by atoms with Crippen LogP contribution in [0.3, 0.4) is 0 Å². The van der Waals surface area contributed by atoms with Crippen molar-refractivity contribution in [2.45, 2.75) is 138 Å². The summed E-state index contributed by atoms with van der Waals surface area (Å²) in [5.41, 5.74) is 0. The lowest BCUT2D eigenvalue weighted by atomic mass is 9.24. The van der Waals surface area contributed by atoms with E-state index in [1.54, 1.807) is 20.1 Å². The van der Waals surface area contributed by atoms with Crippen LogP contribution in [0.1, 0.15) is 122 Å². The van der Waals surface area contributed by atoms with Crippen molar-refractivity contribution in [2.75, 3.05) is 0 Å². The lowest BCUT2D eigenvalue weighted by molar-refractivity contribution is 0.256. The lowest BCUT2D eigenvalue weighted by Gasteiger charge is -2.55. The van der Waals surface area contributed by atoms with Gasteiger partial charge in [0.2, 0.25) is 0 Å². The predicted octanol–water partition coefficient (Wildman–Crippen LogP) is 6.61. The van der Waals surface area contributed by atoms with Crippen molar-refractivity contribution in [3.05, 3.63) is 0 Å². The second-order valence-electron chi connectivity index (χ2n) is 10.6. The summed E-state index contributed by atoms with van der Waals surface area (Å²) in [5.74, 6) is 0. The second kappa shape index (κ2) is 8.22. The molecule has 0 N–H and O–H groups in total. The molecule has 1 saturated carbocycles. The third-order valence-electron chi connectivity index (χ3n) is 8.62. The van der Waals surface area contributed by atoms with Crippen LogP contribution in [-0.4, -0.2) is 15.1 Å². The first-order valence-electron chi connectivity index (χ1n) is 11.6. The molecule has 2 atom stereocenters. The molecule has 136 valence electrons. The van der Waals surface area contributed by atoms with Crippen LogP contribution < -0.4 is 0 Å². The van der Waals surface area contributed by atoms with Crippen LogP contribution in [0.4, 0.5) is 0 Å². The number of hydrogen-bond acceptors (Lipinski definition) is 0. The van der Waals surface area contributed by atoms with E-state index >= 15 is 0 Å². The Bertz CT molecular complexity index is 381. The molecule has 3 rings (SSSR count). The first-order valence-corrected chi connectivity index (χ1v) is 11.6. The fourth-order valence-corrected chi connectivity index (χ4v) is 7.03. The van der Waals surface area contributed by atoms with E-state index in [9.17, 15) is 0 Å². The quantitative estimate of drug-likeness (QED) is 0.475. The third kappa shape index (κ3) is 4.27. The monoisotopic (exact) mass is 328 g/mol. The molecular weight excluding hydrogens is 286 g/mol. The third-order valence-corrected chi connectivity index (χ3v) is 8.62. The molecule has 0 aromatic heterocycles. The van der Waals surface area contributed by atoms with Crippen molar-refractivity contribution in [3.8, 4) is 0 Å². The summed E-state index contributed by atoms with van der Waals surface area (Å²) in [5, 5.41) is 2.01. The summed E-state index contributed by atoms with van der Waals surface area (Å²) in [6, 6.07) is 0. The molecule has 0 amide bonds. The molecule has 0 aromatic rings. The topological polar surface area (TPSA) is 0 Å². The average Bonchev–Trinajstić information content (AvgIpc) is 2.67. The molecule has 2 heterocycles. The molecule has 2 saturated heterocycles. The molecule has 2 bridgehead atoms. The first-order chi connectivity index (χ1) is 11.6. The SMILES string of the molecule is BC1(C23B[C@](C)(CCCC2)CCC3)CCCCCCCCCCC1. The maximum Gasteiger partial charge on any atom is 0.134 e. The Labute approximate surface area is 154 Å². The van der Waals surface area contributed by atoms with Crippen LogP contribution in [0.5, 0.6) is 0 Å². The van der Waals surface area contributed by atoms with Crippen molar-refractivity contribution >= 4 is 15.1 Å². The van der Waals surface area contributed by atoms with Gasteiger partial charge in [0, 0.05) is 0 Å². The molecule has 0 aromatic carbocycles. The number of hydrogen-bond donors (Lipinski definition) is 0. The van der Waals surface area contributed by atoms with Gasteiger partial charge in [-0.05, 0) is 0 Å². The summed E-state index contributed by atoms with van der Waals surface area (Å²) in [4.78, 5) is 0. The molecule has 0 spiro atoms. The van der Waals surface area contributed by atoms with Gasteiger partial charge < -0.3 is 0 Å². The average molecular weight is 328 g/mol. The zero-order valence-electron chi connectivity index (χ0n) is 16.9. The van der Waals surface area contributed by atoms with Gasteiger partial charge in [-0.1, -0.05) is 138 Å². The van der Waals surface area contributed by atoms with Crippen molar-refractivity contribution < 1.29 is 0 Å². The minimum absolute atomic E-state index is 0.637. The highest BCUT2D eigenvalue weighted by Gasteiger charge is 2.53. The zero-order chi connectivity index (χ0) is 16.9. The van der Waals surface area contributed by atoms with Crippen molar-refractivity contribution in [1.82, 2.24) is 0 Å². The molecule has 3 aliphatic rings. The van der Waals surface area contributed by atoms with Gasteiger partial charge in [-0.2, -0.15) is 0 Å². The normalized spacial score (nSPS) is 38.9. The van der Waals surface area contributed by atoms with Crippen molar-refractivity contribution in [3.63, 3.8) is 0 Å². The Morgan fingerprint density at radius 2 is 0.958 bits per heavy atom. The Hall–Kier alpha value is 0.130. The molecule has 24 heavy (non-hydrogen) atoms.